The third-order valence-electron chi connectivity index (χ3n) is 2.59. The number of rotatable bonds is 3. The van der Waals surface area contributed by atoms with E-state index >= 15 is 0 Å². The molecule has 1 aromatic rings. The van der Waals surface area contributed by atoms with Crippen LogP contribution in [-0.4, -0.2) is 29.5 Å². The molecule has 0 radical (unpaired) electrons. The average Bonchev–Trinajstić information content (AvgIpc) is 2.74. The van der Waals surface area contributed by atoms with Crippen molar-refractivity contribution in [3.05, 3.63) is 11.7 Å². The topological polar surface area (TPSA) is 51.0 Å². The predicted octanol–water partition coefficient (Wildman–Crippen LogP) is 1.26. The molecule has 1 saturated heterocycles. The van der Waals surface area contributed by atoms with Crippen molar-refractivity contribution in [3.63, 3.8) is 0 Å². The SMILES string of the molecule is CSCc1noc([C@@H]2CNC[C@H]2C)n1. The fourth-order valence-electron chi connectivity index (χ4n) is 1.75. The van der Waals surface area contributed by atoms with Crippen molar-refractivity contribution in [2.45, 2.75) is 18.6 Å². The minimum Gasteiger partial charge on any atom is -0.339 e. The lowest BCUT2D eigenvalue weighted by atomic mass is 9.98. The minimum atomic E-state index is 0.401. The summed E-state index contributed by atoms with van der Waals surface area (Å²) in [6.07, 6.45) is 2.04. The number of nitrogens with one attached hydrogen (secondary N) is 1. The van der Waals surface area contributed by atoms with Crippen molar-refractivity contribution in [2.75, 3.05) is 19.3 Å². The molecule has 1 aromatic heterocycles. The van der Waals surface area contributed by atoms with E-state index in [0.29, 0.717) is 11.8 Å². The molecule has 0 unspecified atom stereocenters. The summed E-state index contributed by atoms with van der Waals surface area (Å²) in [5, 5.41) is 7.28. The number of aromatic nitrogens is 2. The van der Waals surface area contributed by atoms with Crippen LogP contribution in [-0.2, 0) is 5.75 Å². The molecule has 1 N–H and O–H groups in total. The monoisotopic (exact) mass is 213 g/mol. The smallest absolute Gasteiger partial charge is 0.231 e. The van der Waals surface area contributed by atoms with Gasteiger partial charge in [0.2, 0.25) is 5.89 Å². The summed E-state index contributed by atoms with van der Waals surface area (Å²) in [7, 11) is 0. The molecule has 0 spiro atoms. The first-order valence-corrected chi connectivity index (χ1v) is 6.22. The van der Waals surface area contributed by atoms with Gasteiger partial charge in [-0.1, -0.05) is 12.1 Å². The molecule has 1 fully saturated rings. The quantitative estimate of drug-likeness (QED) is 0.819. The van der Waals surface area contributed by atoms with Crippen LogP contribution in [0.3, 0.4) is 0 Å². The van der Waals surface area contributed by atoms with Crippen LogP contribution in [0.2, 0.25) is 0 Å². The van der Waals surface area contributed by atoms with E-state index in [-0.39, 0.29) is 0 Å². The second-order valence-electron chi connectivity index (χ2n) is 3.72. The van der Waals surface area contributed by atoms with Crippen molar-refractivity contribution in [2.24, 2.45) is 5.92 Å². The highest BCUT2D eigenvalue weighted by Gasteiger charge is 2.29. The van der Waals surface area contributed by atoms with Crippen LogP contribution in [0.1, 0.15) is 24.6 Å². The summed E-state index contributed by atoms with van der Waals surface area (Å²) in [6, 6.07) is 0. The van der Waals surface area contributed by atoms with Gasteiger partial charge >= 0.3 is 0 Å². The Kier molecular flexibility index (Phi) is 3.08. The molecule has 0 aromatic carbocycles. The molecule has 14 heavy (non-hydrogen) atoms. The van der Waals surface area contributed by atoms with Crippen LogP contribution in [0.15, 0.2) is 4.52 Å². The average molecular weight is 213 g/mol. The highest BCUT2D eigenvalue weighted by molar-refractivity contribution is 7.97. The molecule has 0 amide bonds. The number of nitrogens with zero attached hydrogens (tertiary/aromatic N) is 2. The molecule has 0 aliphatic carbocycles. The summed E-state index contributed by atoms with van der Waals surface area (Å²) in [6.45, 7) is 4.22. The maximum absolute atomic E-state index is 5.26. The number of thioether (sulfide) groups is 1. The Hall–Kier alpha value is -0.550. The van der Waals surface area contributed by atoms with Gasteiger partial charge < -0.3 is 9.84 Å². The van der Waals surface area contributed by atoms with Crippen molar-refractivity contribution in [1.82, 2.24) is 15.5 Å². The molecule has 78 valence electrons. The fourth-order valence-corrected chi connectivity index (χ4v) is 2.12. The molecule has 1 aliphatic rings. The third kappa shape index (κ3) is 1.93. The van der Waals surface area contributed by atoms with Gasteiger partial charge in [-0.25, -0.2) is 0 Å². The van der Waals surface area contributed by atoms with Crippen LogP contribution >= 0.6 is 11.8 Å². The summed E-state index contributed by atoms with van der Waals surface area (Å²) < 4.78 is 5.26. The molecular weight excluding hydrogens is 198 g/mol. The van der Waals surface area contributed by atoms with Crippen LogP contribution < -0.4 is 5.32 Å². The maximum Gasteiger partial charge on any atom is 0.231 e. The first-order valence-electron chi connectivity index (χ1n) is 4.83. The van der Waals surface area contributed by atoms with Gasteiger partial charge in [-0.3, -0.25) is 0 Å². The lowest BCUT2D eigenvalue weighted by Crippen LogP contribution is -2.08. The second kappa shape index (κ2) is 4.31. The summed E-state index contributed by atoms with van der Waals surface area (Å²) >= 11 is 1.71. The second-order valence-corrected chi connectivity index (χ2v) is 4.59. The molecule has 2 rings (SSSR count). The molecule has 5 heteroatoms. The van der Waals surface area contributed by atoms with E-state index < -0.39 is 0 Å². The van der Waals surface area contributed by atoms with Crippen molar-refractivity contribution in [3.8, 4) is 0 Å². The van der Waals surface area contributed by atoms with E-state index in [2.05, 4.69) is 22.4 Å². The standard InChI is InChI=1S/C9H15N3OS/c1-6-3-10-4-7(6)9-11-8(5-14-2)12-13-9/h6-7,10H,3-5H2,1-2H3/t6-,7-/m1/s1. The molecule has 2 atom stereocenters. The van der Waals surface area contributed by atoms with Crippen molar-refractivity contribution >= 4 is 11.8 Å². The number of hydrogen-bond acceptors (Lipinski definition) is 5. The van der Waals surface area contributed by atoms with Crippen LogP contribution in [0, 0.1) is 5.92 Å². The fraction of sp³-hybridized carbons (Fsp3) is 0.778. The van der Waals surface area contributed by atoms with Gasteiger partial charge in [-0.15, -0.1) is 0 Å². The van der Waals surface area contributed by atoms with E-state index in [4.69, 9.17) is 4.52 Å². The lowest BCUT2D eigenvalue weighted by Gasteiger charge is -2.07. The van der Waals surface area contributed by atoms with E-state index in [1.165, 1.54) is 0 Å². The summed E-state index contributed by atoms with van der Waals surface area (Å²) in [5.74, 6) is 3.44. The van der Waals surface area contributed by atoms with Crippen molar-refractivity contribution < 1.29 is 4.52 Å². The lowest BCUT2D eigenvalue weighted by molar-refractivity contribution is 0.337. The van der Waals surface area contributed by atoms with E-state index in [0.717, 1.165) is 30.6 Å². The summed E-state index contributed by atoms with van der Waals surface area (Å²) in [4.78, 5) is 4.39. The van der Waals surface area contributed by atoms with Gasteiger partial charge in [0.25, 0.3) is 0 Å². The first kappa shape index (κ1) is 9.98. The Balaban J connectivity index is 2.08. The largest absolute Gasteiger partial charge is 0.339 e. The van der Waals surface area contributed by atoms with Gasteiger partial charge in [-0.2, -0.15) is 16.7 Å². The van der Waals surface area contributed by atoms with Gasteiger partial charge in [0, 0.05) is 6.54 Å². The molecule has 0 saturated carbocycles. The van der Waals surface area contributed by atoms with Crippen LogP contribution in [0.25, 0.3) is 0 Å². The van der Waals surface area contributed by atoms with Gasteiger partial charge in [0.05, 0.1) is 11.7 Å². The van der Waals surface area contributed by atoms with Gasteiger partial charge in [0.1, 0.15) is 0 Å². The highest BCUT2D eigenvalue weighted by atomic mass is 32.2. The normalized spacial score (nSPS) is 27.0. The third-order valence-corrected chi connectivity index (χ3v) is 3.14. The Labute approximate surface area is 87.8 Å². The molecule has 2 heterocycles. The summed E-state index contributed by atoms with van der Waals surface area (Å²) in [5.41, 5.74) is 0. The van der Waals surface area contributed by atoms with E-state index in [1.54, 1.807) is 11.8 Å². The zero-order valence-electron chi connectivity index (χ0n) is 8.49. The Morgan fingerprint density at radius 1 is 1.57 bits per heavy atom. The van der Waals surface area contributed by atoms with Crippen molar-refractivity contribution in [1.29, 1.82) is 0 Å². The zero-order valence-corrected chi connectivity index (χ0v) is 9.30. The van der Waals surface area contributed by atoms with Gasteiger partial charge in [0.15, 0.2) is 5.82 Å². The van der Waals surface area contributed by atoms with E-state index in [9.17, 15) is 0 Å². The molecule has 4 nitrogen and oxygen atoms in total. The van der Waals surface area contributed by atoms with Crippen LogP contribution in [0.5, 0.6) is 0 Å². The molecular formula is C9H15N3OS. The highest BCUT2D eigenvalue weighted by Crippen LogP contribution is 2.26. The van der Waals surface area contributed by atoms with Crippen LogP contribution in [0.4, 0.5) is 0 Å². The molecule has 1 aliphatic heterocycles. The van der Waals surface area contributed by atoms with Gasteiger partial charge in [-0.05, 0) is 18.7 Å². The van der Waals surface area contributed by atoms with E-state index in [1.807, 2.05) is 6.26 Å². The Bertz CT molecular complexity index is 302. The zero-order chi connectivity index (χ0) is 9.97. The molecule has 0 bridgehead atoms. The number of hydrogen-bond donors (Lipinski definition) is 1. The first-order chi connectivity index (χ1) is 6.81. The maximum atomic E-state index is 5.26. The minimum absolute atomic E-state index is 0.401. The Morgan fingerprint density at radius 3 is 3.07 bits per heavy atom. The Morgan fingerprint density at radius 2 is 2.43 bits per heavy atom. The predicted molar refractivity (Wildman–Crippen MR) is 56.3 cm³/mol.